The Morgan fingerprint density at radius 2 is 2.14 bits per heavy atom. The molecular weight excluding hydrogens is 508 g/mol. The monoisotopic (exact) mass is 542 g/mol. The number of likely N-dealkylation sites (N-methyl/N-ethyl adjacent to an activating group) is 1. The number of rotatable bonds is 10. The summed E-state index contributed by atoms with van der Waals surface area (Å²) in [7, 11) is 2.21. The Morgan fingerprint density at radius 1 is 1.30 bits per heavy atom. The lowest BCUT2D eigenvalue weighted by Crippen LogP contribution is -2.54. The highest BCUT2D eigenvalue weighted by atomic mass is 35.5. The molecule has 1 aliphatic carbocycles. The van der Waals surface area contributed by atoms with Crippen LogP contribution in [0.4, 0.5) is 5.95 Å². The number of fused-ring (bicyclic) bond motifs is 1. The summed E-state index contributed by atoms with van der Waals surface area (Å²) in [6.07, 6.45) is 4.73. The fourth-order valence-corrected chi connectivity index (χ4v) is 6.10. The van der Waals surface area contributed by atoms with Gasteiger partial charge >= 0.3 is 5.97 Å². The molecule has 2 aromatic heterocycles. The Hall–Kier alpha value is -2.30. The number of thiophene rings is 1. The van der Waals surface area contributed by atoms with E-state index in [4.69, 9.17) is 21.4 Å². The van der Waals surface area contributed by atoms with Crippen LogP contribution in [0.2, 0.25) is 5.02 Å². The van der Waals surface area contributed by atoms with E-state index in [1.165, 1.54) is 0 Å². The third kappa shape index (κ3) is 6.41. The number of carbonyl (C=O) groups excluding carboxylic acids is 1. The molecule has 37 heavy (non-hydrogen) atoms. The van der Waals surface area contributed by atoms with Gasteiger partial charge in [-0.1, -0.05) is 31.5 Å². The number of nitrogens with zero attached hydrogens (tertiary/aromatic N) is 4. The van der Waals surface area contributed by atoms with Crippen molar-refractivity contribution in [2.45, 2.75) is 45.2 Å². The summed E-state index contributed by atoms with van der Waals surface area (Å²) in [6, 6.07) is 8.49. The van der Waals surface area contributed by atoms with E-state index in [0.29, 0.717) is 34.2 Å². The molecule has 5 rings (SSSR count). The lowest BCUT2D eigenvalue weighted by atomic mass is 9.99. The van der Waals surface area contributed by atoms with Crippen molar-refractivity contribution in [3.63, 3.8) is 0 Å². The molecule has 1 aliphatic heterocycles. The van der Waals surface area contributed by atoms with Gasteiger partial charge in [-0.2, -0.15) is 0 Å². The number of halogens is 1. The molecule has 1 unspecified atom stereocenters. The van der Waals surface area contributed by atoms with E-state index in [0.717, 1.165) is 66.9 Å². The summed E-state index contributed by atoms with van der Waals surface area (Å²) >= 11 is 8.06. The predicted octanol–water partition coefficient (Wildman–Crippen LogP) is 4.91. The maximum Gasteiger partial charge on any atom is 0.357 e. The molecule has 10 heteroatoms. The summed E-state index contributed by atoms with van der Waals surface area (Å²) in [6.45, 7) is 9.81. The zero-order valence-electron chi connectivity index (χ0n) is 21.7. The first-order valence-corrected chi connectivity index (χ1v) is 14.3. The van der Waals surface area contributed by atoms with Crippen molar-refractivity contribution in [1.82, 2.24) is 25.2 Å². The van der Waals surface area contributed by atoms with E-state index in [-0.39, 0.29) is 12.0 Å². The summed E-state index contributed by atoms with van der Waals surface area (Å²) in [5, 5.41) is 4.69. The number of hydrogen-bond acceptors (Lipinski definition) is 9. The van der Waals surface area contributed by atoms with Crippen LogP contribution < -0.4 is 10.8 Å². The highest BCUT2D eigenvalue weighted by Gasteiger charge is 2.27. The molecule has 2 aliphatic rings. The molecule has 0 spiro atoms. The molecule has 198 valence electrons. The summed E-state index contributed by atoms with van der Waals surface area (Å²) in [5.41, 5.74) is 4.02. The number of nitrogens with one attached hydrogen (secondary N) is 2. The van der Waals surface area contributed by atoms with Crippen LogP contribution in [0.25, 0.3) is 20.7 Å². The van der Waals surface area contributed by atoms with Gasteiger partial charge in [-0.3, -0.25) is 4.90 Å². The first-order chi connectivity index (χ1) is 17.9. The minimum atomic E-state index is -0.377. The van der Waals surface area contributed by atoms with Crippen molar-refractivity contribution in [3.8, 4) is 10.6 Å². The average molecular weight is 543 g/mol. The lowest BCUT2D eigenvalue weighted by Gasteiger charge is -2.42. The Morgan fingerprint density at radius 3 is 2.92 bits per heavy atom. The number of aromatic nitrogens is 2. The first-order valence-electron chi connectivity index (χ1n) is 13.1. The second kappa shape index (κ2) is 11.6. The second-order valence-corrected chi connectivity index (χ2v) is 11.9. The molecule has 0 bridgehead atoms. The minimum Gasteiger partial charge on any atom is -0.366 e. The third-order valence-corrected chi connectivity index (χ3v) is 8.45. The zero-order valence-corrected chi connectivity index (χ0v) is 23.2. The summed E-state index contributed by atoms with van der Waals surface area (Å²) < 4.78 is 0.979. The molecule has 0 amide bonds. The standard InChI is InChI=1S/C27H35ClN6O2S/c1-17(2)22-16-33(3)12-13-34(22)11-5-10-29-27-30-15-21(28)25(31-27)24-14-20-19(6-4-7-23(20)37-24)26(35)36-32-18-8-9-18/h4,6-7,14-15,17-18,22,32H,5,8-13,16H2,1-3H3,(H,29,30,31). The van der Waals surface area contributed by atoms with Crippen LogP contribution in [0.1, 0.15) is 43.5 Å². The highest BCUT2D eigenvalue weighted by molar-refractivity contribution is 7.22. The van der Waals surface area contributed by atoms with E-state index in [9.17, 15) is 4.79 Å². The van der Waals surface area contributed by atoms with Crippen molar-refractivity contribution in [2.75, 3.05) is 45.1 Å². The number of piperazine rings is 1. The fraction of sp³-hybridized carbons (Fsp3) is 0.519. The van der Waals surface area contributed by atoms with Crippen LogP contribution in [0.3, 0.4) is 0 Å². The van der Waals surface area contributed by atoms with Crippen molar-refractivity contribution in [1.29, 1.82) is 0 Å². The number of hydroxylamine groups is 1. The Labute approximate surface area is 227 Å². The average Bonchev–Trinajstić information content (AvgIpc) is 3.62. The Bertz CT molecular complexity index is 1250. The van der Waals surface area contributed by atoms with Crippen LogP contribution >= 0.6 is 22.9 Å². The SMILES string of the molecule is CC(C)C1CN(C)CCN1CCCNc1ncc(Cl)c(-c2cc3c(C(=O)ONC4CC4)cccc3s2)n1. The largest absolute Gasteiger partial charge is 0.366 e. The lowest BCUT2D eigenvalue weighted by molar-refractivity contribution is 0.0238. The molecule has 1 saturated carbocycles. The Balaban J connectivity index is 1.24. The molecule has 3 aromatic rings. The smallest absolute Gasteiger partial charge is 0.357 e. The van der Waals surface area contributed by atoms with Gasteiger partial charge in [0.25, 0.3) is 0 Å². The third-order valence-electron chi connectivity index (χ3n) is 7.07. The number of anilines is 1. The van der Waals surface area contributed by atoms with Crippen molar-refractivity contribution in [3.05, 3.63) is 41.0 Å². The van der Waals surface area contributed by atoms with Gasteiger partial charge in [0.2, 0.25) is 5.95 Å². The second-order valence-electron chi connectivity index (χ2n) is 10.4. The van der Waals surface area contributed by atoms with E-state index >= 15 is 0 Å². The highest BCUT2D eigenvalue weighted by Crippen LogP contribution is 2.37. The number of carbonyl (C=O) groups is 1. The molecule has 8 nitrogen and oxygen atoms in total. The molecule has 2 N–H and O–H groups in total. The molecular formula is C27H35ClN6O2S. The molecule has 0 radical (unpaired) electrons. The number of hydrogen-bond donors (Lipinski definition) is 2. The van der Waals surface area contributed by atoms with Crippen LogP contribution in [0.15, 0.2) is 30.5 Å². The van der Waals surface area contributed by atoms with E-state index in [1.807, 2.05) is 18.2 Å². The van der Waals surface area contributed by atoms with Crippen LogP contribution in [-0.2, 0) is 4.84 Å². The minimum absolute atomic E-state index is 0.283. The molecule has 1 atom stereocenters. The zero-order chi connectivity index (χ0) is 25.9. The first kappa shape index (κ1) is 26.3. The van der Waals surface area contributed by atoms with Gasteiger partial charge < -0.3 is 15.1 Å². The van der Waals surface area contributed by atoms with E-state index < -0.39 is 0 Å². The van der Waals surface area contributed by atoms with Gasteiger partial charge in [-0.05, 0) is 50.4 Å². The predicted molar refractivity (Wildman–Crippen MR) is 150 cm³/mol. The van der Waals surface area contributed by atoms with Crippen molar-refractivity contribution >= 4 is 44.9 Å². The van der Waals surface area contributed by atoms with Gasteiger partial charge in [0.15, 0.2) is 0 Å². The van der Waals surface area contributed by atoms with Gasteiger partial charge in [0, 0.05) is 54.9 Å². The van der Waals surface area contributed by atoms with Crippen LogP contribution in [-0.4, -0.2) is 77.6 Å². The van der Waals surface area contributed by atoms with Crippen molar-refractivity contribution in [2.24, 2.45) is 5.92 Å². The van der Waals surface area contributed by atoms with Gasteiger partial charge in [0.1, 0.15) is 5.69 Å². The molecule has 1 aromatic carbocycles. The Kier molecular flexibility index (Phi) is 8.26. The fourth-order valence-electron chi connectivity index (χ4n) is 4.76. The van der Waals surface area contributed by atoms with Gasteiger partial charge in [0.05, 0.1) is 21.7 Å². The van der Waals surface area contributed by atoms with E-state index in [2.05, 4.69) is 46.5 Å². The number of benzene rings is 1. The topological polar surface area (TPSA) is 82.6 Å². The molecule has 3 heterocycles. The van der Waals surface area contributed by atoms with Gasteiger partial charge in [-0.25, -0.2) is 14.8 Å². The maximum absolute atomic E-state index is 12.6. The molecule has 1 saturated heterocycles. The summed E-state index contributed by atoms with van der Waals surface area (Å²) in [4.78, 5) is 33.0. The normalized spacial score (nSPS) is 19.0. The molecule has 2 fully saturated rings. The van der Waals surface area contributed by atoms with E-state index in [1.54, 1.807) is 23.6 Å². The van der Waals surface area contributed by atoms with Crippen LogP contribution in [0, 0.1) is 5.92 Å². The maximum atomic E-state index is 12.6. The van der Waals surface area contributed by atoms with Crippen molar-refractivity contribution < 1.29 is 9.63 Å². The van der Waals surface area contributed by atoms with Crippen LogP contribution in [0.5, 0.6) is 0 Å². The summed E-state index contributed by atoms with van der Waals surface area (Å²) in [5.74, 6) is 0.818. The quantitative estimate of drug-likeness (QED) is 0.276. The van der Waals surface area contributed by atoms with Gasteiger partial charge in [-0.15, -0.1) is 16.8 Å².